The zero-order valence-corrected chi connectivity index (χ0v) is 14.8. The number of furan rings is 1. The lowest BCUT2D eigenvalue weighted by Crippen LogP contribution is -2.23. The summed E-state index contributed by atoms with van der Waals surface area (Å²) in [5.74, 6) is 0.840. The fourth-order valence-corrected chi connectivity index (χ4v) is 3.12. The molecule has 3 rings (SSSR count). The van der Waals surface area contributed by atoms with Crippen LogP contribution in [0.5, 0.6) is 0 Å². The summed E-state index contributed by atoms with van der Waals surface area (Å²) >= 11 is 3.41. The normalized spacial score (nSPS) is 15.0. The van der Waals surface area contributed by atoms with E-state index in [1.165, 1.54) is 0 Å². The number of nitrogens with one attached hydrogen (secondary N) is 1. The summed E-state index contributed by atoms with van der Waals surface area (Å²) in [5.41, 5.74) is 3.46. The second kappa shape index (κ2) is 6.39. The molecule has 118 valence electrons. The molecule has 0 saturated heterocycles. The summed E-state index contributed by atoms with van der Waals surface area (Å²) in [6.45, 7) is 3.67. The quantitative estimate of drug-likeness (QED) is 0.797. The Morgan fingerprint density at radius 1 is 0.958 bits per heavy atom. The number of halogens is 1. The van der Waals surface area contributed by atoms with E-state index in [4.69, 9.17) is 4.42 Å². The predicted molar refractivity (Wildman–Crippen MR) is 94.3 cm³/mol. The fraction of sp³-hybridized carbons (Fsp3) is 0.158. The summed E-state index contributed by atoms with van der Waals surface area (Å²) in [6, 6.07) is 15.9. The lowest BCUT2D eigenvalue weighted by atomic mass is 9.85. The van der Waals surface area contributed by atoms with Crippen LogP contribution < -0.4 is 5.32 Å². The van der Waals surface area contributed by atoms with Crippen molar-refractivity contribution in [3.05, 3.63) is 69.2 Å². The Morgan fingerprint density at radius 2 is 1.54 bits per heavy atom. The first-order valence-electron chi connectivity index (χ1n) is 7.39. The number of dihydropyridines is 1. The van der Waals surface area contributed by atoms with E-state index in [0.29, 0.717) is 22.7 Å². The highest BCUT2D eigenvalue weighted by Crippen LogP contribution is 2.39. The average Bonchev–Trinajstić information content (AvgIpc) is 3.04. The van der Waals surface area contributed by atoms with Crippen molar-refractivity contribution in [3.63, 3.8) is 0 Å². The van der Waals surface area contributed by atoms with E-state index in [1.807, 2.05) is 50.2 Å². The number of hydrogen-bond donors (Lipinski definition) is 1. The van der Waals surface area contributed by atoms with Crippen LogP contribution in [0.4, 0.5) is 0 Å². The fourth-order valence-electron chi connectivity index (χ4n) is 2.85. The molecule has 0 bridgehead atoms. The van der Waals surface area contributed by atoms with E-state index in [9.17, 15) is 10.5 Å². The molecule has 4 nitrogen and oxygen atoms in total. The van der Waals surface area contributed by atoms with Crippen LogP contribution in [0.1, 0.15) is 25.5 Å². The maximum atomic E-state index is 9.52. The van der Waals surface area contributed by atoms with Crippen LogP contribution >= 0.6 is 15.9 Å². The van der Waals surface area contributed by atoms with Crippen molar-refractivity contribution in [2.45, 2.75) is 19.8 Å². The molecule has 1 aliphatic rings. The molecule has 1 aromatic carbocycles. The van der Waals surface area contributed by atoms with Gasteiger partial charge in [0.2, 0.25) is 0 Å². The van der Waals surface area contributed by atoms with Crippen molar-refractivity contribution in [1.29, 1.82) is 10.5 Å². The SMILES string of the molecule is CC1=C(C#N)C(c2ccc(-c3ccc(Br)cc3)o2)C(C#N)=C(C)N1. The second-order valence-electron chi connectivity index (χ2n) is 5.57. The molecule has 0 amide bonds. The van der Waals surface area contributed by atoms with Crippen LogP contribution in [0.25, 0.3) is 11.3 Å². The Morgan fingerprint density at radius 3 is 2.08 bits per heavy atom. The zero-order valence-electron chi connectivity index (χ0n) is 13.2. The molecule has 2 heterocycles. The van der Waals surface area contributed by atoms with Gasteiger partial charge in [0.05, 0.1) is 29.2 Å². The van der Waals surface area contributed by atoms with Gasteiger partial charge in [-0.25, -0.2) is 0 Å². The maximum Gasteiger partial charge on any atom is 0.134 e. The highest BCUT2D eigenvalue weighted by Gasteiger charge is 2.31. The minimum Gasteiger partial charge on any atom is -0.460 e. The molecule has 1 aromatic heterocycles. The van der Waals surface area contributed by atoms with Gasteiger partial charge in [0.15, 0.2) is 0 Å². The van der Waals surface area contributed by atoms with Gasteiger partial charge in [-0.1, -0.05) is 28.1 Å². The average molecular weight is 380 g/mol. The van der Waals surface area contributed by atoms with Crippen molar-refractivity contribution < 1.29 is 4.42 Å². The Kier molecular flexibility index (Phi) is 4.29. The van der Waals surface area contributed by atoms with Gasteiger partial charge in [-0.15, -0.1) is 0 Å². The molecular weight excluding hydrogens is 366 g/mol. The molecule has 0 radical (unpaired) electrons. The smallest absolute Gasteiger partial charge is 0.134 e. The van der Waals surface area contributed by atoms with E-state index in [2.05, 4.69) is 33.4 Å². The number of allylic oxidation sites excluding steroid dienone is 4. The second-order valence-corrected chi connectivity index (χ2v) is 6.48. The first-order chi connectivity index (χ1) is 11.5. The third-order valence-electron chi connectivity index (χ3n) is 4.04. The van der Waals surface area contributed by atoms with Crippen LogP contribution in [0.15, 0.2) is 67.8 Å². The Balaban J connectivity index is 2.07. The van der Waals surface area contributed by atoms with E-state index in [0.717, 1.165) is 21.4 Å². The van der Waals surface area contributed by atoms with Crippen molar-refractivity contribution in [3.8, 4) is 23.5 Å². The maximum absolute atomic E-state index is 9.52. The van der Waals surface area contributed by atoms with E-state index in [-0.39, 0.29) is 0 Å². The standard InChI is InChI=1S/C19H14BrN3O/c1-11-15(9-21)19(16(10-22)12(2)23-11)18-8-7-17(24-18)13-3-5-14(20)6-4-13/h3-8,19,23H,1-2H3. The van der Waals surface area contributed by atoms with Gasteiger partial charge in [-0.3, -0.25) is 0 Å². The van der Waals surface area contributed by atoms with Crippen molar-refractivity contribution in [1.82, 2.24) is 5.32 Å². The molecule has 0 fully saturated rings. The molecule has 1 aliphatic heterocycles. The summed E-state index contributed by atoms with van der Waals surface area (Å²) in [4.78, 5) is 0. The van der Waals surface area contributed by atoms with Gasteiger partial charge in [0.25, 0.3) is 0 Å². The molecule has 0 unspecified atom stereocenters. The Bertz CT molecular complexity index is 900. The Hall–Kier alpha value is -2.76. The number of nitrogens with zero attached hydrogens (tertiary/aromatic N) is 2. The molecule has 0 atom stereocenters. The van der Waals surface area contributed by atoms with Crippen LogP contribution in [-0.2, 0) is 0 Å². The predicted octanol–water partition coefficient (Wildman–Crippen LogP) is 4.99. The third kappa shape index (κ3) is 2.75. The van der Waals surface area contributed by atoms with Crippen LogP contribution in [0.2, 0.25) is 0 Å². The minimum atomic E-state index is -0.467. The van der Waals surface area contributed by atoms with Crippen molar-refractivity contribution in [2.75, 3.05) is 0 Å². The van der Waals surface area contributed by atoms with Gasteiger partial charge in [0, 0.05) is 21.4 Å². The lowest BCUT2D eigenvalue weighted by molar-refractivity contribution is 0.511. The monoisotopic (exact) mass is 379 g/mol. The molecule has 0 spiro atoms. The molecule has 1 N–H and O–H groups in total. The lowest BCUT2D eigenvalue weighted by Gasteiger charge is -2.24. The van der Waals surface area contributed by atoms with E-state index in [1.54, 1.807) is 0 Å². The highest BCUT2D eigenvalue weighted by atomic mass is 79.9. The van der Waals surface area contributed by atoms with Gasteiger partial charge in [0.1, 0.15) is 11.5 Å². The van der Waals surface area contributed by atoms with Crippen molar-refractivity contribution in [2.24, 2.45) is 0 Å². The summed E-state index contributed by atoms with van der Waals surface area (Å²) in [7, 11) is 0. The molecule has 0 aliphatic carbocycles. The molecule has 0 saturated carbocycles. The first-order valence-corrected chi connectivity index (χ1v) is 8.19. The number of benzene rings is 1. The molecular formula is C19H14BrN3O. The van der Waals surface area contributed by atoms with Gasteiger partial charge >= 0.3 is 0 Å². The molecule has 5 heteroatoms. The zero-order chi connectivity index (χ0) is 17.3. The number of nitriles is 2. The summed E-state index contributed by atoms with van der Waals surface area (Å²) < 4.78 is 6.99. The van der Waals surface area contributed by atoms with Crippen LogP contribution in [0.3, 0.4) is 0 Å². The number of hydrogen-bond acceptors (Lipinski definition) is 4. The largest absolute Gasteiger partial charge is 0.460 e. The van der Waals surface area contributed by atoms with Gasteiger partial charge in [-0.05, 0) is 38.1 Å². The topological polar surface area (TPSA) is 72.8 Å². The third-order valence-corrected chi connectivity index (χ3v) is 4.57. The minimum absolute atomic E-state index is 0.467. The molecule has 24 heavy (non-hydrogen) atoms. The summed E-state index contributed by atoms with van der Waals surface area (Å²) in [6.07, 6.45) is 0. The summed E-state index contributed by atoms with van der Waals surface area (Å²) in [5, 5.41) is 22.1. The highest BCUT2D eigenvalue weighted by molar-refractivity contribution is 9.10. The molecule has 2 aromatic rings. The van der Waals surface area contributed by atoms with Gasteiger partial charge in [-0.2, -0.15) is 10.5 Å². The van der Waals surface area contributed by atoms with E-state index >= 15 is 0 Å². The number of rotatable bonds is 2. The van der Waals surface area contributed by atoms with Gasteiger partial charge < -0.3 is 9.73 Å². The van der Waals surface area contributed by atoms with Crippen LogP contribution in [0, 0.1) is 22.7 Å². The Labute approximate surface area is 148 Å². The first kappa shape index (κ1) is 16.1. The van der Waals surface area contributed by atoms with Crippen LogP contribution in [-0.4, -0.2) is 0 Å². The van der Waals surface area contributed by atoms with E-state index < -0.39 is 5.92 Å². The van der Waals surface area contributed by atoms with Crippen molar-refractivity contribution >= 4 is 15.9 Å².